The van der Waals surface area contributed by atoms with Crippen molar-refractivity contribution in [2.24, 2.45) is 0 Å². The van der Waals surface area contributed by atoms with Crippen LogP contribution in [0.15, 0.2) is 42.5 Å². The van der Waals surface area contributed by atoms with Crippen molar-refractivity contribution in [1.29, 1.82) is 0 Å². The third-order valence-corrected chi connectivity index (χ3v) is 7.12. The van der Waals surface area contributed by atoms with E-state index in [9.17, 15) is 18.0 Å². The van der Waals surface area contributed by atoms with Crippen molar-refractivity contribution in [3.8, 4) is 11.5 Å². The first-order valence-electron chi connectivity index (χ1n) is 11.8. The Morgan fingerprint density at radius 3 is 2.14 bits per heavy atom. The molecule has 0 radical (unpaired) electrons. The van der Waals surface area contributed by atoms with E-state index in [1.54, 1.807) is 19.1 Å². The van der Waals surface area contributed by atoms with Crippen LogP contribution in [-0.2, 0) is 26.2 Å². The molecule has 10 heteroatoms. The van der Waals surface area contributed by atoms with Gasteiger partial charge in [-0.15, -0.1) is 0 Å². The summed E-state index contributed by atoms with van der Waals surface area (Å²) in [6.45, 7) is 7.11. The number of carbonyl (C=O) groups excluding carboxylic acids is 2. The fraction of sp³-hybridized carbons (Fsp3) is 0.462. The van der Waals surface area contributed by atoms with Gasteiger partial charge >= 0.3 is 0 Å². The van der Waals surface area contributed by atoms with Crippen LogP contribution in [0, 0.1) is 6.92 Å². The average Bonchev–Trinajstić information content (AvgIpc) is 2.85. The van der Waals surface area contributed by atoms with Gasteiger partial charge in [0, 0.05) is 18.7 Å². The summed E-state index contributed by atoms with van der Waals surface area (Å²) in [5, 5.41) is 2.91. The van der Waals surface area contributed by atoms with Gasteiger partial charge in [0.25, 0.3) is 0 Å². The van der Waals surface area contributed by atoms with Gasteiger partial charge in [0.15, 0.2) is 11.5 Å². The van der Waals surface area contributed by atoms with Gasteiger partial charge in [-0.3, -0.25) is 13.9 Å². The van der Waals surface area contributed by atoms with Crippen LogP contribution >= 0.6 is 0 Å². The smallest absolute Gasteiger partial charge is 0.244 e. The molecule has 9 nitrogen and oxygen atoms in total. The summed E-state index contributed by atoms with van der Waals surface area (Å²) in [6.07, 6.45) is 1.77. The zero-order valence-corrected chi connectivity index (χ0v) is 22.9. The van der Waals surface area contributed by atoms with E-state index in [1.165, 1.54) is 25.2 Å². The Hall–Kier alpha value is -3.27. The molecule has 0 unspecified atom stereocenters. The molecule has 0 bridgehead atoms. The fourth-order valence-electron chi connectivity index (χ4n) is 3.53. The number of benzene rings is 2. The van der Waals surface area contributed by atoms with Crippen LogP contribution < -0.4 is 19.1 Å². The lowest BCUT2D eigenvalue weighted by atomic mass is 10.1. The molecule has 198 valence electrons. The summed E-state index contributed by atoms with van der Waals surface area (Å²) in [6, 6.07) is 11.4. The number of methoxy groups -OCH3 is 2. The Morgan fingerprint density at radius 1 is 1.00 bits per heavy atom. The molecule has 2 rings (SSSR count). The molecular weight excluding hydrogens is 482 g/mol. The van der Waals surface area contributed by atoms with E-state index in [2.05, 4.69) is 5.32 Å². The molecule has 0 saturated carbocycles. The van der Waals surface area contributed by atoms with Crippen molar-refractivity contribution in [3.05, 3.63) is 53.6 Å². The van der Waals surface area contributed by atoms with E-state index in [0.29, 0.717) is 11.5 Å². The normalized spacial score (nSPS) is 12.9. The van der Waals surface area contributed by atoms with Crippen molar-refractivity contribution >= 4 is 27.5 Å². The van der Waals surface area contributed by atoms with E-state index < -0.39 is 28.5 Å². The highest BCUT2D eigenvalue weighted by molar-refractivity contribution is 7.92. The quantitative estimate of drug-likeness (QED) is 0.462. The van der Waals surface area contributed by atoms with Gasteiger partial charge in [-0.2, -0.15) is 0 Å². The molecule has 0 saturated heterocycles. The Bertz CT molecular complexity index is 1150. The maximum Gasteiger partial charge on any atom is 0.244 e. The fourth-order valence-corrected chi connectivity index (χ4v) is 4.37. The van der Waals surface area contributed by atoms with Gasteiger partial charge in [0.05, 0.1) is 26.2 Å². The molecule has 0 fully saturated rings. The minimum absolute atomic E-state index is 0.0597. The van der Waals surface area contributed by atoms with Gasteiger partial charge in [0.2, 0.25) is 21.8 Å². The van der Waals surface area contributed by atoms with Crippen molar-refractivity contribution in [3.63, 3.8) is 0 Å². The summed E-state index contributed by atoms with van der Waals surface area (Å²) >= 11 is 0. The van der Waals surface area contributed by atoms with Crippen molar-refractivity contribution in [2.75, 3.05) is 31.3 Å². The van der Waals surface area contributed by atoms with Crippen molar-refractivity contribution < 1.29 is 27.5 Å². The predicted molar refractivity (Wildman–Crippen MR) is 141 cm³/mol. The summed E-state index contributed by atoms with van der Waals surface area (Å²) in [5.74, 6) is -0.0595. The third-order valence-electron chi connectivity index (χ3n) is 5.98. The number of carbonyl (C=O) groups is 2. The second-order valence-electron chi connectivity index (χ2n) is 8.81. The maximum atomic E-state index is 13.6. The lowest BCUT2D eigenvalue weighted by Crippen LogP contribution is -2.52. The molecule has 2 aromatic carbocycles. The van der Waals surface area contributed by atoms with Crippen LogP contribution in [0.3, 0.4) is 0 Å². The maximum absolute atomic E-state index is 13.6. The average molecular weight is 520 g/mol. The van der Waals surface area contributed by atoms with E-state index in [1.807, 2.05) is 45.0 Å². The number of nitrogens with one attached hydrogen (secondary N) is 1. The zero-order valence-electron chi connectivity index (χ0n) is 22.1. The number of ether oxygens (including phenoxy) is 2. The molecule has 0 heterocycles. The van der Waals surface area contributed by atoms with E-state index >= 15 is 0 Å². The van der Waals surface area contributed by atoms with E-state index in [0.717, 1.165) is 28.1 Å². The second kappa shape index (κ2) is 12.6. The van der Waals surface area contributed by atoms with Gasteiger partial charge in [-0.05, 0) is 44.9 Å². The molecule has 2 aromatic rings. The minimum atomic E-state index is -3.85. The summed E-state index contributed by atoms with van der Waals surface area (Å²) in [7, 11) is -0.930. The van der Waals surface area contributed by atoms with E-state index in [-0.39, 0.29) is 24.2 Å². The largest absolute Gasteiger partial charge is 0.493 e. The molecule has 0 aliphatic carbocycles. The first-order chi connectivity index (χ1) is 16.9. The zero-order chi connectivity index (χ0) is 27.0. The Balaban J connectivity index is 2.43. The summed E-state index contributed by atoms with van der Waals surface area (Å²) < 4.78 is 37.0. The van der Waals surface area contributed by atoms with Gasteiger partial charge < -0.3 is 19.7 Å². The number of hydrogen-bond acceptors (Lipinski definition) is 6. The number of aryl methyl sites for hydroxylation is 1. The van der Waals surface area contributed by atoms with Crippen LogP contribution in [0.1, 0.15) is 38.3 Å². The van der Waals surface area contributed by atoms with Crippen LogP contribution in [0.4, 0.5) is 5.69 Å². The van der Waals surface area contributed by atoms with E-state index in [4.69, 9.17) is 9.47 Å². The number of hydrogen-bond donors (Lipinski definition) is 1. The predicted octanol–water partition coefficient (Wildman–Crippen LogP) is 3.11. The first-order valence-corrected chi connectivity index (χ1v) is 13.6. The van der Waals surface area contributed by atoms with Crippen molar-refractivity contribution in [1.82, 2.24) is 10.2 Å². The molecule has 1 N–H and O–H groups in total. The van der Waals surface area contributed by atoms with Crippen molar-refractivity contribution in [2.45, 2.75) is 52.7 Å². The topological polar surface area (TPSA) is 105 Å². The van der Waals surface area contributed by atoms with Crippen LogP contribution in [-0.4, -0.2) is 64.2 Å². The Morgan fingerprint density at radius 2 is 1.61 bits per heavy atom. The number of amides is 2. The highest BCUT2D eigenvalue weighted by Crippen LogP contribution is 2.32. The molecule has 0 aliphatic heterocycles. The summed E-state index contributed by atoms with van der Waals surface area (Å²) in [4.78, 5) is 28.0. The van der Waals surface area contributed by atoms with Gasteiger partial charge in [-0.1, -0.05) is 36.8 Å². The summed E-state index contributed by atoms with van der Waals surface area (Å²) in [5.41, 5.74) is 2.14. The number of nitrogens with zero attached hydrogens (tertiary/aromatic N) is 2. The molecular formula is C26H37N3O6S. The first kappa shape index (κ1) is 29.0. The monoisotopic (exact) mass is 519 g/mol. The number of anilines is 1. The van der Waals surface area contributed by atoms with Crippen LogP contribution in [0.25, 0.3) is 0 Å². The molecule has 2 amide bonds. The minimum Gasteiger partial charge on any atom is -0.493 e. The molecule has 36 heavy (non-hydrogen) atoms. The number of sulfonamides is 1. The SMILES string of the molecule is CC[C@H](C)NC(=O)[C@@H](C)N(Cc1ccc(C)cc1)C(=O)CN(c1ccc(OC)c(OC)c1)S(C)(=O)=O. The highest BCUT2D eigenvalue weighted by Gasteiger charge is 2.30. The Kier molecular flexibility index (Phi) is 10.2. The molecule has 2 atom stereocenters. The molecule has 0 aliphatic rings. The standard InChI is InChI=1S/C26H37N3O6S/c1-8-19(3)27-26(31)20(4)28(16-21-11-9-18(2)10-12-21)25(30)17-29(36(7,32)33)22-13-14-23(34-5)24(15-22)35-6/h9-15,19-20H,8,16-17H2,1-7H3,(H,27,31)/t19-,20+/m0/s1. The highest BCUT2D eigenvalue weighted by atomic mass is 32.2. The van der Waals surface area contributed by atoms with Crippen LogP contribution in [0.2, 0.25) is 0 Å². The lowest BCUT2D eigenvalue weighted by molar-refractivity contribution is -0.139. The van der Waals surface area contributed by atoms with Crippen LogP contribution in [0.5, 0.6) is 11.5 Å². The van der Waals surface area contributed by atoms with Gasteiger partial charge in [0.1, 0.15) is 12.6 Å². The Labute approximate surface area is 214 Å². The second-order valence-corrected chi connectivity index (χ2v) is 10.7. The molecule has 0 aromatic heterocycles. The number of rotatable bonds is 12. The third kappa shape index (κ3) is 7.61. The lowest BCUT2D eigenvalue weighted by Gasteiger charge is -2.32. The van der Waals surface area contributed by atoms with Gasteiger partial charge in [-0.25, -0.2) is 8.42 Å². The molecule has 0 spiro atoms.